The van der Waals surface area contributed by atoms with Crippen molar-refractivity contribution in [2.75, 3.05) is 13.1 Å². The Hall–Kier alpha value is -2.50. The third kappa shape index (κ3) is 2.86. The van der Waals surface area contributed by atoms with Crippen molar-refractivity contribution in [1.82, 2.24) is 14.8 Å². The Balaban J connectivity index is 1.47. The van der Waals surface area contributed by atoms with Crippen LogP contribution in [0.4, 0.5) is 4.79 Å². The smallest absolute Gasteiger partial charge is 0.410 e. The van der Waals surface area contributed by atoms with Gasteiger partial charge < -0.3 is 19.5 Å². The van der Waals surface area contributed by atoms with Gasteiger partial charge in [0.1, 0.15) is 11.3 Å². The van der Waals surface area contributed by atoms with Crippen LogP contribution in [0.15, 0.2) is 30.3 Å². The molecule has 1 aromatic carbocycles. The molecule has 2 aromatic rings. The number of rotatable bonds is 1. The van der Waals surface area contributed by atoms with E-state index in [1.807, 2.05) is 56.0 Å². The quantitative estimate of drug-likeness (QED) is 0.867. The summed E-state index contributed by atoms with van der Waals surface area (Å²) in [4.78, 5) is 32.0. The van der Waals surface area contributed by atoms with Crippen LogP contribution in [0.25, 0.3) is 10.9 Å². The highest BCUT2D eigenvalue weighted by molar-refractivity contribution is 5.98. The molecule has 3 heterocycles. The summed E-state index contributed by atoms with van der Waals surface area (Å²) in [5.41, 5.74) is 1.07. The molecule has 25 heavy (non-hydrogen) atoms. The van der Waals surface area contributed by atoms with Gasteiger partial charge in [-0.2, -0.15) is 0 Å². The maximum Gasteiger partial charge on any atom is 0.410 e. The topological polar surface area (TPSA) is 65.6 Å². The van der Waals surface area contributed by atoms with E-state index in [9.17, 15) is 9.59 Å². The second kappa shape index (κ2) is 5.51. The monoisotopic (exact) mass is 341 g/mol. The van der Waals surface area contributed by atoms with Crippen molar-refractivity contribution < 1.29 is 14.3 Å². The molecule has 2 aliphatic rings. The first kappa shape index (κ1) is 16.0. The summed E-state index contributed by atoms with van der Waals surface area (Å²) in [6.07, 6.45) is 0.545. The number of amides is 2. The van der Waals surface area contributed by atoms with Crippen molar-refractivity contribution >= 4 is 22.9 Å². The van der Waals surface area contributed by atoms with Gasteiger partial charge in [0.15, 0.2) is 0 Å². The minimum atomic E-state index is -0.501. The van der Waals surface area contributed by atoms with Crippen LogP contribution < -0.4 is 0 Å². The van der Waals surface area contributed by atoms with Gasteiger partial charge in [-0.3, -0.25) is 4.79 Å². The van der Waals surface area contributed by atoms with Crippen LogP contribution in [0.3, 0.4) is 0 Å². The van der Waals surface area contributed by atoms with E-state index in [-0.39, 0.29) is 24.1 Å². The fourth-order valence-corrected chi connectivity index (χ4v) is 3.80. The fraction of sp³-hybridized carbons (Fsp3) is 0.474. The maximum atomic E-state index is 12.9. The lowest BCUT2D eigenvalue weighted by molar-refractivity contribution is 0.0126. The molecule has 2 aliphatic heterocycles. The third-order valence-corrected chi connectivity index (χ3v) is 4.89. The standard InChI is InChI=1S/C19H23N3O3/c1-19(2,3)25-18(24)22-11-13-9-14(22)10-21(13)17(23)16-8-12-6-4-5-7-15(12)20-16/h4-8,13-14,20H,9-11H2,1-3H3. The van der Waals surface area contributed by atoms with Gasteiger partial charge in [0.2, 0.25) is 0 Å². The zero-order valence-corrected chi connectivity index (χ0v) is 14.8. The van der Waals surface area contributed by atoms with Gasteiger partial charge in [0.05, 0.1) is 12.1 Å². The molecule has 4 rings (SSSR count). The highest BCUT2D eigenvalue weighted by atomic mass is 16.6. The Morgan fingerprint density at radius 2 is 1.80 bits per heavy atom. The molecule has 1 N–H and O–H groups in total. The molecular weight excluding hydrogens is 318 g/mol. The fourth-order valence-electron chi connectivity index (χ4n) is 3.80. The highest BCUT2D eigenvalue weighted by Gasteiger charge is 2.48. The molecule has 2 atom stereocenters. The molecule has 2 fully saturated rings. The van der Waals surface area contributed by atoms with E-state index in [4.69, 9.17) is 4.74 Å². The Kier molecular flexibility index (Phi) is 3.52. The lowest BCUT2D eigenvalue weighted by atomic mass is 10.2. The van der Waals surface area contributed by atoms with Gasteiger partial charge in [-0.1, -0.05) is 18.2 Å². The summed E-state index contributed by atoms with van der Waals surface area (Å²) >= 11 is 0. The molecule has 0 saturated carbocycles. The molecule has 2 saturated heterocycles. The first-order valence-electron chi connectivity index (χ1n) is 8.70. The van der Waals surface area contributed by atoms with Gasteiger partial charge in [-0.25, -0.2) is 4.79 Å². The lowest BCUT2D eigenvalue weighted by Gasteiger charge is -2.35. The number of ether oxygens (including phenoxy) is 1. The Morgan fingerprint density at radius 3 is 2.44 bits per heavy atom. The number of likely N-dealkylation sites (tertiary alicyclic amines) is 2. The normalized spacial score (nSPS) is 22.7. The number of hydrogen-bond acceptors (Lipinski definition) is 3. The largest absolute Gasteiger partial charge is 0.444 e. The van der Waals surface area contributed by atoms with Crippen LogP contribution >= 0.6 is 0 Å². The van der Waals surface area contributed by atoms with Crippen LogP contribution in [-0.2, 0) is 4.74 Å². The molecular formula is C19H23N3O3. The van der Waals surface area contributed by atoms with Crippen molar-refractivity contribution in [3.8, 4) is 0 Å². The molecule has 0 spiro atoms. The van der Waals surface area contributed by atoms with Gasteiger partial charge in [-0.05, 0) is 39.3 Å². The summed E-state index contributed by atoms with van der Waals surface area (Å²) in [7, 11) is 0. The number of H-pyrrole nitrogens is 1. The van der Waals surface area contributed by atoms with Gasteiger partial charge in [0.25, 0.3) is 5.91 Å². The second-order valence-corrected chi connectivity index (χ2v) is 7.90. The van der Waals surface area contributed by atoms with E-state index in [0.29, 0.717) is 18.8 Å². The molecule has 0 aliphatic carbocycles. The SMILES string of the molecule is CC(C)(C)OC(=O)N1CC2CC1CN2C(=O)c1cc2ccccc2[nH]1. The van der Waals surface area contributed by atoms with E-state index in [0.717, 1.165) is 17.3 Å². The molecule has 2 amide bonds. The van der Waals surface area contributed by atoms with Gasteiger partial charge in [0, 0.05) is 24.0 Å². The number of nitrogens with zero attached hydrogens (tertiary/aromatic N) is 2. The lowest BCUT2D eigenvalue weighted by Crippen LogP contribution is -2.51. The van der Waals surface area contributed by atoms with Crippen molar-refractivity contribution in [3.05, 3.63) is 36.0 Å². The number of carbonyl (C=O) groups excluding carboxylic acids is 2. The Bertz CT molecular complexity index is 803. The number of piperazine rings is 1. The molecule has 1 aromatic heterocycles. The predicted octanol–water partition coefficient (Wildman–Crippen LogP) is 3.00. The Labute approximate surface area is 146 Å². The number of para-hydroxylation sites is 1. The summed E-state index contributed by atoms with van der Waals surface area (Å²) in [5.74, 6) is 0.00698. The maximum absolute atomic E-state index is 12.9. The van der Waals surface area contributed by atoms with Gasteiger partial charge in [-0.15, -0.1) is 0 Å². The number of aromatic amines is 1. The average molecular weight is 341 g/mol. The van der Waals surface area contributed by atoms with E-state index < -0.39 is 5.60 Å². The summed E-state index contributed by atoms with van der Waals surface area (Å²) in [5, 5.41) is 1.03. The van der Waals surface area contributed by atoms with Crippen LogP contribution in [0.5, 0.6) is 0 Å². The first-order valence-corrected chi connectivity index (χ1v) is 8.70. The predicted molar refractivity (Wildman–Crippen MR) is 94.5 cm³/mol. The zero-order valence-electron chi connectivity index (χ0n) is 14.8. The first-order chi connectivity index (χ1) is 11.8. The number of hydrogen-bond donors (Lipinski definition) is 1. The van der Waals surface area contributed by atoms with E-state index in [1.165, 1.54) is 0 Å². The molecule has 6 nitrogen and oxygen atoms in total. The number of aromatic nitrogens is 1. The van der Waals surface area contributed by atoms with Crippen LogP contribution in [0, 0.1) is 0 Å². The third-order valence-electron chi connectivity index (χ3n) is 4.89. The van der Waals surface area contributed by atoms with E-state index in [2.05, 4.69) is 4.98 Å². The van der Waals surface area contributed by atoms with Gasteiger partial charge >= 0.3 is 6.09 Å². The number of fused-ring (bicyclic) bond motifs is 3. The summed E-state index contributed by atoms with van der Waals surface area (Å²) in [6, 6.07) is 9.87. The summed E-state index contributed by atoms with van der Waals surface area (Å²) in [6.45, 7) is 6.71. The zero-order chi connectivity index (χ0) is 17.8. The second-order valence-electron chi connectivity index (χ2n) is 7.90. The van der Waals surface area contributed by atoms with Crippen molar-refractivity contribution in [2.24, 2.45) is 0 Å². The number of benzene rings is 1. The molecule has 2 bridgehead atoms. The molecule has 132 valence electrons. The van der Waals surface area contributed by atoms with E-state index in [1.54, 1.807) is 4.90 Å². The van der Waals surface area contributed by atoms with Crippen molar-refractivity contribution in [3.63, 3.8) is 0 Å². The number of carbonyl (C=O) groups is 2. The summed E-state index contributed by atoms with van der Waals surface area (Å²) < 4.78 is 5.47. The highest BCUT2D eigenvalue weighted by Crippen LogP contribution is 2.33. The molecule has 0 radical (unpaired) electrons. The minimum Gasteiger partial charge on any atom is -0.444 e. The Morgan fingerprint density at radius 1 is 1.12 bits per heavy atom. The van der Waals surface area contributed by atoms with Crippen LogP contribution in [-0.4, -0.2) is 57.6 Å². The van der Waals surface area contributed by atoms with E-state index >= 15 is 0 Å². The van der Waals surface area contributed by atoms with Crippen LogP contribution in [0.1, 0.15) is 37.7 Å². The molecule has 2 unspecified atom stereocenters. The molecule has 6 heteroatoms. The van der Waals surface area contributed by atoms with Crippen molar-refractivity contribution in [1.29, 1.82) is 0 Å². The average Bonchev–Trinajstić information content (AvgIpc) is 3.25. The number of nitrogens with one attached hydrogen (secondary N) is 1. The van der Waals surface area contributed by atoms with Crippen LogP contribution in [0.2, 0.25) is 0 Å². The minimum absolute atomic E-state index is 0.00698. The van der Waals surface area contributed by atoms with Crippen molar-refractivity contribution in [2.45, 2.75) is 44.9 Å².